The second-order valence-corrected chi connectivity index (χ2v) is 6.84. The summed E-state index contributed by atoms with van der Waals surface area (Å²) in [4.78, 5) is 25.5. The SMILES string of the molecule is O=C(Nc1cc(F)ccc1Br)N1C[C@@H]2CCC[C@@]2(C(=O)O)C1. The number of carbonyl (C=O) groups excluding carboxylic acids is 1. The number of nitrogens with one attached hydrogen (secondary N) is 1. The maximum Gasteiger partial charge on any atom is 0.321 e. The van der Waals surface area contributed by atoms with Crippen LogP contribution in [0.1, 0.15) is 19.3 Å². The molecule has 2 atom stereocenters. The van der Waals surface area contributed by atoms with E-state index in [1.807, 2.05) is 0 Å². The van der Waals surface area contributed by atoms with Crippen LogP contribution in [0.25, 0.3) is 0 Å². The third-order valence-electron chi connectivity index (χ3n) is 4.75. The summed E-state index contributed by atoms with van der Waals surface area (Å²) in [5.74, 6) is -1.26. The van der Waals surface area contributed by atoms with Crippen molar-refractivity contribution in [1.29, 1.82) is 0 Å². The number of carboxylic acid groups (broad SMARTS) is 1. The largest absolute Gasteiger partial charge is 0.481 e. The summed E-state index contributed by atoms with van der Waals surface area (Å²) in [5.41, 5.74) is -0.470. The van der Waals surface area contributed by atoms with Gasteiger partial charge in [0.25, 0.3) is 0 Å². The number of aliphatic carboxylic acids is 1. The minimum atomic E-state index is -0.822. The number of benzene rings is 1. The third-order valence-corrected chi connectivity index (χ3v) is 5.45. The highest BCUT2D eigenvalue weighted by molar-refractivity contribution is 9.10. The van der Waals surface area contributed by atoms with E-state index in [2.05, 4.69) is 21.2 Å². The van der Waals surface area contributed by atoms with Crippen molar-refractivity contribution in [1.82, 2.24) is 4.90 Å². The van der Waals surface area contributed by atoms with Gasteiger partial charge < -0.3 is 15.3 Å². The number of carbonyl (C=O) groups is 2. The van der Waals surface area contributed by atoms with Gasteiger partial charge in [0.2, 0.25) is 0 Å². The monoisotopic (exact) mass is 370 g/mol. The number of fused-ring (bicyclic) bond motifs is 1. The molecule has 0 unspecified atom stereocenters. The third kappa shape index (κ3) is 2.47. The zero-order chi connectivity index (χ0) is 15.9. The minimum Gasteiger partial charge on any atom is -0.481 e. The molecule has 2 aliphatic rings. The highest BCUT2D eigenvalue weighted by Gasteiger charge is 2.55. The Labute approximate surface area is 135 Å². The molecule has 1 aromatic carbocycles. The van der Waals surface area contributed by atoms with Crippen molar-refractivity contribution in [2.75, 3.05) is 18.4 Å². The maximum absolute atomic E-state index is 13.3. The van der Waals surface area contributed by atoms with E-state index in [1.165, 1.54) is 23.1 Å². The van der Waals surface area contributed by atoms with Gasteiger partial charge in [-0.25, -0.2) is 9.18 Å². The Hall–Kier alpha value is -1.63. The number of hydrogen-bond acceptors (Lipinski definition) is 2. The Morgan fingerprint density at radius 2 is 2.23 bits per heavy atom. The highest BCUT2D eigenvalue weighted by atomic mass is 79.9. The smallest absolute Gasteiger partial charge is 0.321 e. The van der Waals surface area contributed by atoms with E-state index in [0.29, 0.717) is 23.1 Å². The molecule has 2 fully saturated rings. The average molecular weight is 371 g/mol. The Morgan fingerprint density at radius 1 is 1.45 bits per heavy atom. The molecule has 0 spiro atoms. The van der Waals surface area contributed by atoms with E-state index in [4.69, 9.17) is 0 Å². The first-order valence-electron chi connectivity index (χ1n) is 7.17. The van der Waals surface area contributed by atoms with Gasteiger partial charge in [0, 0.05) is 17.6 Å². The maximum atomic E-state index is 13.3. The molecule has 118 valence electrons. The summed E-state index contributed by atoms with van der Waals surface area (Å²) in [6, 6.07) is 3.65. The van der Waals surface area contributed by atoms with Crippen molar-refractivity contribution in [3.8, 4) is 0 Å². The van der Waals surface area contributed by atoms with E-state index < -0.39 is 17.2 Å². The molecule has 1 aromatic rings. The first-order chi connectivity index (χ1) is 10.4. The van der Waals surface area contributed by atoms with Crippen molar-refractivity contribution < 1.29 is 19.1 Å². The quantitative estimate of drug-likeness (QED) is 0.838. The summed E-state index contributed by atoms with van der Waals surface area (Å²) < 4.78 is 13.8. The van der Waals surface area contributed by atoms with Crippen LogP contribution in [0.3, 0.4) is 0 Å². The van der Waals surface area contributed by atoms with Crippen molar-refractivity contribution in [3.05, 3.63) is 28.5 Å². The Bertz CT molecular complexity index is 639. The van der Waals surface area contributed by atoms with Crippen molar-refractivity contribution in [2.45, 2.75) is 19.3 Å². The molecule has 1 saturated carbocycles. The van der Waals surface area contributed by atoms with E-state index in [9.17, 15) is 19.1 Å². The standard InChI is InChI=1S/C15H16BrFN2O3/c16-11-4-3-10(17)6-12(11)18-14(22)19-7-9-2-1-5-15(9,8-19)13(20)21/h3-4,6,9H,1-2,5,7-8H2,(H,18,22)(H,20,21)/t9-,15+/m0/s1. The number of likely N-dealkylation sites (tertiary alicyclic amines) is 1. The van der Waals surface area contributed by atoms with Gasteiger partial charge in [0.15, 0.2) is 0 Å². The normalized spacial score (nSPS) is 26.8. The van der Waals surface area contributed by atoms with Crippen LogP contribution in [0.5, 0.6) is 0 Å². The molecule has 2 N–H and O–H groups in total. The number of amides is 2. The second kappa shape index (κ2) is 5.53. The number of rotatable bonds is 2. The molecule has 0 bridgehead atoms. The molecule has 1 heterocycles. The van der Waals surface area contributed by atoms with Gasteiger partial charge in [-0.3, -0.25) is 4.79 Å². The second-order valence-electron chi connectivity index (χ2n) is 5.99. The fraction of sp³-hybridized carbons (Fsp3) is 0.467. The molecule has 0 aromatic heterocycles. The lowest BCUT2D eigenvalue weighted by atomic mass is 9.81. The van der Waals surface area contributed by atoms with Crippen molar-refractivity contribution >= 4 is 33.6 Å². The summed E-state index contributed by atoms with van der Waals surface area (Å²) in [5, 5.41) is 12.2. The first kappa shape index (κ1) is 15.3. The minimum absolute atomic E-state index is 0.00620. The van der Waals surface area contributed by atoms with Crippen LogP contribution < -0.4 is 5.32 Å². The van der Waals surface area contributed by atoms with Gasteiger partial charge in [-0.2, -0.15) is 0 Å². The van der Waals surface area contributed by atoms with Crippen LogP contribution in [0.15, 0.2) is 22.7 Å². The summed E-state index contributed by atoms with van der Waals surface area (Å²) >= 11 is 3.26. The van der Waals surface area contributed by atoms with E-state index in [0.717, 1.165) is 12.8 Å². The van der Waals surface area contributed by atoms with Crippen LogP contribution in [0.4, 0.5) is 14.9 Å². The Kier molecular flexibility index (Phi) is 3.84. The topological polar surface area (TPSA) is 69.6 Å². The molecule has 3 rings (SSSR count). The van der Waals surface area contributed by atoms with Crippen LogP contribution in [0.2, 0.25) is 0 Å². The van der Waals surface area contributed by atoms with E-state index in [-0.39, 0.29) is 18.5 Å². The molecule has 5 nitrogen and oxygen atoms in total. The van der Waals surface area contributed by atoms with Gasteiger partial charge in [0.1, 0.15) is 5.82 Å². The lowest BCUT2D eigenvalue weighted by Gasteiger charge is -2.23. The number of nitrogens with zero attached hydrogens (tertiary/aromatic N) is 1. The lowest BCUT2D eigenvalue weighted by Crippen LogP contribution is -2.38. The van der Waals surface area contributed by atoms with Crippen LogP contribution in [-0.4, -0.2) is 35.1 Å². The first-order valence-corrected chi connectivity index (χ1v) is 7.96. The number of halogens is 2. The fourth-order valence-corrected chi connectivity index (χ4v) is 3.93. The molecular weight excluding hydrogens is 355 g/mol. The predicted molar refractivity (Wildman–Crippen MR) is 82.1 cm³/mol. The number of anilines is 1. The zero-order valence-electron chi connectivity index (χ0n) is 11.8. The van der Waals surface area contributed by atoms with Crippen LogP contribution in [0, 0.1) is 17.2 Å². The highest BCUT2D eigenvalue weighted by Crippen LogP contribution is 2.49. The van der Waals surface area contributed by atoms with Gasteiger partial charge in [0.05, 0.1) is 11.1 Å². The van der Waals surface area contributed by atoms with Gasteiger partial charge in [-0.05, 0) is 52.9 Å². The Balaban J connectivity index is 1.75. The fourth-order valence-electron chi connectivity index (χ4n) is 3.58. The van der Waals surface area contributed by atoms with Gasteiger partial charge in [-0.15, -0.1) is 0 Å². The van der Waals surface area contributed by atoms with Crippen molar-refractivity contribution in [3.63, 3.8) is 0 Å². The van der Waals surface area contributed by atoms with E-state index >= 15 is 0 Å². The average Bonchev–Trinajstić information content (AvgIpc) is 3.00. The summed E-state index contributed by atoms with van der Waals surface area (Å²) in [6.07, 6.45) is 2.34. The number of urea groups is 1. The molecule has 22 heavy (non-hydrogen) atoms. The van der Waals surface area contributed by atoms with Crippen molar-refractivity contribution in [2.24, 2.45) is 11.3 Å². The lowest BCUT2D eigenvalue weighted by molar-refractivity contribution is -0.149. The van der Waals surface area contributed by atoms with E-state index in [1.54, 1.807) is 0 Å². The Morgan fingerprint density at radius 3 is 2.91 bits per heavy atom. The van der Waals surface area contributed by atoms with Crippen LogP contribution >= 0.6 is 15.9 Å². The van der Waals surface area contributed by atoms with Gasteiger partial charge >= 0.3 is 12.0 Å². The molecule has 1 saturated heterocycles. The number of carboxylic acids is 1. The summed E-state index contributed by atoms with van der Waals surface area (Å²) in [7, 11) is 0. The molecular formula is C15H16BrFN2O3. The predicted octanol–water partition coefficient (Wildman–Crippen LogP) is 3.31. The molecule has 1 aliphatic heterocycles. The molecule has 1 aliphatic carbocycles. The van der Waals surface area contributed by atoms with Crippen LogP contribution in [-0.2, 0) is 4.79 Å². The molecule has 7 heteroatoms. The summed E-state index contributed by atoms with van der Waals surface area (Å²) in [6.45, 7) is 0.650. The van der Waals surface area contributed by atoms with Gasteiger partial charge in [-0.1, -0.05) is 6.42 Å². The molecule has 2 amide bonds. The zero-order valence-corrected chi connectivity index (χ0v) is 13.4. The molecule has 0 radical (unpaired) electrons. The number of hydrogen-bond donors (Lipinski definition) is 2.